The number of furan rings is 1. The van der Waals surface area contributed by atoms with E-state index in [0.29, 0.717) is 0 Å². The zero-order chi connectivity index (χ0) is 8.55. The summed E-state index contributed by atoms with van der Waals surface area (Å²) in [6, 6.07) is 5.78. The molecule has 12 heavy (non-hydrogen) atoms. The second-order valence-corrected chi connectivity index (χ2v) is 3.61. The maximum atomic E-state index is 5.29. The predicted octanol–water partition coefficient (Wildman–Crippen LogP) is 3.05. The molecule has 0 N–H and O–H groups in total. The van der Waals surface area contributed by atoms with Crippen molar-refractivity contribution in [3.63, 3.8) is 0 Å². The molecule has 0 saturated carbocycles. The lowest BCUT2D eigenvalue weighted by molar-refractivity contribution is 0.415. The molecule has 2 rings (SSSR count). The Bertz CT molecular complexity index is 406. The van der Waals surface area contributed by atoms with Crippen LogP contribution in [-0.4, -0.2) is 7.11 Å². The van der Waals surface area contributed by atoms with Gasteiger partial charge in [-0.2, -0.15) is 0 Å². The molecule has 1 aromatic heterocycles. The van der Waals surface area contributed by atoms with Crippen molar-refractivity contribution >= 4 is 33.6 Å². The monoisotopic (exact) mass is 274 g/mol. The molecule has 2 aromatic rings. The second kappa shape index (κ2) is 2.97. The average molecular weight is 274 g/mol. The van der Waals surface area contributed by atoms with E-state index < -0.39 is 0 Å². The number of hydrogen-bond donors (Lipinski definition) is 0. The van der Waals surface area contributed by atoms with E-state index in [4.69, 9.17) is 9.15 Å². The highest BCUT2D eigenvalue weighted by atomic mass is 127. The lowest BCUT2D eigenvalue weighted by atomic mass is 10.2. The van der Waals surface area contributed by atoms with Crippen LogP contribution in [0.2, 0.25) is 0 Å². The Morgan fingerprint density at radius 2 is 2.25 bits per heavy atom. The van der Waals surface area contributed by atoms with Gasteiger partial charge < -0.3 is 9.15 Å². The number of ether oxygens (including phenoxy) is 1. The fraction of sp³-hybridized carbons (Fsp3) is 0.111. The van der Waals surface area contributed by atoms with E-state index in [-0.39, 0.29) is 0 Å². The van der Waals surface area contributed by atoms with Crippen LogP contribution < -0.4 is 4.74 Å². The summed E-state index contributed by atoms with van der Waals surface area (Å²) in [5, 5.41) is 1.11. The van der Waals surface area contributed by atoms with Crippen molar-refractivity contribution in [2.75, 3.05) is 7.11 Å². The molecule has 3 heteroatoms. The topological polar surface area (TPSA) is 22.4 Å². The Morgan fingerprint density at radius 1 is 1.42 bits per heavy atom. The first-order chi connectivity index (χ1) is 5.81. The van der Waals surface area contributed by atoms with Gasteiger partial charge in [0, 0.05) is 5.39 Å². The first-order valence-electron chi connectivity index (χ1n) is 3.52. The number of methoxy groups -OCH3 is 1. The van der Waals surface area contributed by atoms with Crippen molar-refractivity contribution < 1.29 is 9.15 Å². The van der Waals surface area contributed by atoms with Crippen LogP contribution in [0, 0.1) is 3.57 Å². The van der Waals surface area contributed by atoms with E-state index in [2.05, 4.69) is 22.6 Å². The highest BCUT2D eigenvalue weighted by Crippen LogP contribution is 2.26. The molecule has 0 unspecified atom stereocenters. The van der Waals surface area contributed by atoms with Gasteiger partial charge in [-0.3, -0.25) is 0 Å². The summed E-state index contributed by atoms with van der Waals surface area (Å²) >= 11 is 2.24. The molecule has 0 fully saturated rings. The lowest BCUT2D eigenvalue weighted by Crippen LogP contribution is -1.80. The van der Waals surface area contributed by atoms with Gasteiger partial charge in [-0.05, 0) is 40.8 Å². The van der Waals surface area contributed by atoms with Gasteiger partial charge in [0.1, 0.15) is 17.6 Å². The molecule has 0 aliphatic carbocycles. The summed E-state index contributed by atoms with van der Waals surface area (Å²) in [4.78, 5) is 0. The largest absolute Gasteiger partial charge is 0.497 e. The van der Waals surface area contributed by atoms with Gasteiger partial charge in [0.15, 0.2) is 0 Å². The van der Waals surface area contributed by atoms with Gasteiger partial charge in [-0.25, -0.2) is 0 Å². The molecular weight excluding hydrogens is 267 g/mol. The first kappa shape index (κ1) is 7.91. The Labute approximate surface area is 83.6 Å². The normalized spacial score (nSPS) is 10.5. The van der Waals surface area contributed by atoms with E-state index in [0.717, 1.165) is 20.3 Å². The van der Waals surface area contributed by atoms with Crippen molar-refractivity contribution in [1.29, 1.82) is 0 Å². The summed E-state index contributed by atoms with van der Waals surface area (Å²) in [7, 11) is 1.66. The Morgan fingerprint density at radius 3 is 3.00 bits per heavy atom. The number of fused-ring (bicyclic) bond motifs is 1. The summed E-state index contributed by atoms with van der Waals surface area (Å²) in [6.07, 6.45) is 1.74. The smallest absolute Gasteiger partial charge is 0.135 e. The molecular formula is C9H7IO2. The fourth-order valence-electron chi connectivity index (χ4n) is 1.10. The van der Waals surface area contributed by atoms with Gasteiger partial charge in [-0.15, -0.1) is 0 Å². The number of benzene rings is 1. The number of hydrogen-bond acceptors (Lipinski definition) is 2. The molecule has 0 aliphatic heterocycles. The standard InChI is InChI=1S/C9H7IO2/c1-11-6-2-3-9-7(4-6)8(10)5-12-9/h2-5H,1H3. The van der Waals surface area contributed by atoms with E-state index in [1.807, 2.05) is 18.2 Å². The van der Waals surface area contributed by atoms with Crippen molar-refractivity contribution in [3.8, 4) is 5.75 Å². The van der Waals surface area contributed by atoms with E-state index in [1.54, 1.807) is 13.4 Å². The third kappa shape index (κ3) is 1.18. The van der Waals surface area contributed by atoms with Gasteiger partial charge in [0.2, 0.25) is 0 Å². The third-order valence-electron chi connectivity index (χ3n) is 1.73. The first-order valence-corrected chi connectivity index (χ1v) is 4.60. The van der Waals surface area contributed by atoms with Crippen LogP contribution in [0.25, 0.3) is 11.0 Å². The second-order valence-electron chi connectivity index (χ2n) is 2.45. The van der Waals surface area contributed by atoms with Gasteiger partial charge in [-0.1, -0.05) is 0 Å². The molecule has 0 radical (unpaired) electrons. The third-order valence-corrected chi connectivity index (χ3v) is 2.57. The maximum Gasteiger partial charge on any atom is 0.135 e. The minimum atomic E-state index is 0.863. The zero-order valence-electron chi connectivity index (χ0n) is 6.50. The average Bonchev–Trinajstić information content (AvgIpc) is 2.47. The molecule has 0 bridgehead atoms. The molecule has 62 valence electrons. The molecule has 0 atom stereocenters. The van der Waals surface area contributed by atoms with Crippen molar-refractivity contribution in [2.24, 2.45) is 0 Å². The van der Waals surface area contributed by atoms with Crippen LogP contribution in [0.4, 0.5) is 0 Å². The zero-order valence-corrected chi connectivity index (χ0v) is 8.66. The Kier molecular flexibility index (Phi) is 1.96. The molecule has 1 heterocycles. The van der Waals surface area contributed by atoms with Crippen LogP contribution in [0.3, 0.4) is 0 Å². The molecule has 0 aliphatic rings. The molecule has 2 nitrogen and oxygen atoms in total. The summed E-state index contributed by atoms with van der Waals surface area (Å²) in [6.45, 7) is 0. The minimum absolute atomic E-state index is 0.863. The van der Waals surface area contributed by atoms with Gasteiger partial charge >= 0.3 is 0 Å². The maximum absolute atomic E-state index is 5.29. The Balaban J connectivity index is 2.71. The van der Waals surface area contributed by atoms with Gasteiger partial charge in [0.25, 0.3) is 0 Å². The predicted molar refractivity (Wildman–Crippen MR) is 55.5 cm³/mol. The number of rotatable bonds is 1. The quantitative estimate of drug-likeness (QED) is 0.746. The van der Waals surface area contributed by atoms with Crippen LogP contribution in [0.15, 0.2) is 28.9 Å². The van der Waals surface area contributed by atoms with E-state index in [9.17, 15) is 0 Å². The van der Waals surface area contributed by atoms with Crippen LogP contribution in [0.1, 0.15) is 0 Å². The van der Waals surface area contributed by atoms with Crippen molar-refractivity contribution in [2.45, 2.75) is 0 Å². The summed E-state index contributed by atoms with van der Waals surface area (Å²) in [5.74, 6) is 0.863. The van der Waals surface area contributed by atoms with Crippen LogP contribution in [-0.2, 0) is 0 Å². The molecule has 0 spiro atoms. The fourth-order valence-corrected chi connectivity index (χ4v) is 1.65. The van der Waals surface area contributed by atoms with Crippen molar-refractivity contribution in [3.05, 3.63) is 28.0 Å². The molecule has 0 amide bonds. The summed E-state index contributed by atoms with van der Waals surface area (Å²) < 4.78 is 11.5. The van der Waals surface area contributed by atoms with Gasteiger partial charge in [0.05, 0.1) is 10.7 Å². The highest BCUT2D eigenvalue weighted by molar-refractivity contribution is 14.1. The van der Waals surface area contributed by atoms with Crippen molar-refractivity contribution in [1.82, 2.24) is 0 Å². The molecule has 0 saturated heterocycles. The highest BCUT2D eigenvalue weighted by Gasteiger charge is 2.03. The summed E-state index contributed by atoms with van der Waals surface area (Å²) in [5.41, 5.74) is 0.903. The SMILES string of the molecule is COc1ccc2occ(I)c2c1. The Hall–Kier alpha value is -0.710. The van der Waals surface area contributed by atoms with E-state index >= 15 is 0 Å². The molecule has 1 aromatic carbocycles. The van der Waals surface area contributed by atoms with Crippen LogP contribution in [0.5, 0.6) is 5.75 Å². The van der Waals surface area contributed by atoms with Crippen LogP contribution >= 0.6 is 22.6 Å². The number of halogens is 1. The minimum Gasteiger partial charge on any atom is -0.497 e. The lowest BCUT2D eigenvalue weighted by Gasteiger charge is -1.97. The van der Waals surface area contributed by atoms with E-state index in [1.165, 1.54) is 0 Å².